The van der Waals surface area contributed by atoms with Gasteiger partial charge in [0.2, 0.25) is 0 Å². The second-order valence-corrected chi connectivity index (χ2v) is 34.4. The fourth-order valence-electron chi connectivity index (χ4n) is 16.6. The number of hydrogen-bond acceptors (Lipinski definition) is 14. The fourth-order valence-corrected chi connectivity index (χ4v) is 17.5. The van der Waals surface area contributed by atoms with Gasteiger partial charge in [0.15, 0.2) is 0 Å². The minimum absolute atomic E-state index is 0.0147. The van der Waals surface area contributed by atoms with Crippen molar-refractivity contribution in [2.24, 2.45) is 45.3 Å². The van der Waals surface area contributed by atoms with Crippen molar-refractivity contribution in [1.29, 1.82) is 0 Å². The van der Waals surface area contributed by atoms with Gasteiger partial charge in [0.25, 0.3) is 0 Å². The summed E-state index contributed by atoms with van der Waals surface area (Å²) in [6, 6.07) is 14.5. The van der Waals surface area contributed by atoms with E-state index in [4.69, 9.17) is 57.6 Å². The molecule has 4 atom stereocenters. The molecule has 0 unspecified atom stereocenters. The van der Waals surface area contributed by atoms with Gasteiger partial charge in [-0.25, -0.2) is 24.7 Å². The number of carbonyl (C=O) groups excluding carboxylic acids is 4. The molecule has 111 heavy (non-hydrogen) atoms. The Bertz CT molecular complexity index is 4460. The van der Waals surface area contributed by atoms with E-state index in [0.29, 0.717) is 105 Å². The zero-order valence-electron chi connectivity index (χ0n) is 65.5. The molecular weight excluding hydrogens is 1500 g/mol. The summed E-state index contributed by atoms with van der Waals surface area (Å²) in [5.41, 5.74) is 7.24. The Morgan fingerprint density at radius 1 is 0.486 bits per heavy atom. The third kappa shape index (κ3) is 20.5. The largest absolute Gasteiger partial charge is 0.388 e. The van der Waals surface area contributed by atoms with E-state index in [1.165, 1.54) is 7.11 Å². The van der Waals surface area contributed by atoms with Gasteiger partial charge < -0.3 is 60.7 Å². The van der Waals surface area contributed by atoms with E-state index < -0.39 is 24.4 Å². The topological polar surface area (TPSA) is 343 Å². The molecule has 30 heteroatoms. The Balaban J connectivity index is 0.000000157. The first-order valence-electron chi connectivity index (χ1n) is 38.8. The van der Waals surface area contributed by atoms with Crippen molar-refractivity contribution in [1.82, 2.24) is 81.8 Å². The van der Waals surface area contributed by atoms with Crippen LogP contribution in [0.25, 0.3) is 43.6 Å². The molecule has 0 bridgehead atoms. The molecule has 5 aliphatic heterocycles. The SMILES string of the molecule is C#CCCCNC(=O)N1CCC(C(C)(C)[C@H](O)c2cc(Cl)cc3cn[nH]c23)CC1.CC(C)(C1CCN(C(=O)NC2COC2)CC1)[C@H](O)c1cc(Cl)cc2cn[nH]c12.CCCCNC(=O)N1CCC(C(C)(C)[C@H](O)c2cc(Cl)cc3cn[nH]c23)CC1.CONC(=O)N1CCC(C(C)(C)[C@H](O)c2cc(Cl)cc3cn[nH]c23)CC1. The lowest BCUT2D eigenvalue weighted by Gasteiger charge is -2.43. The van der Waals surface area contributed by atoms with Gasteiger partial charge in [0.05, 0.1) is 97.6 Å². The molecule has 5 aliphatic rings. The van der Waals surface area contributed by atoms with Crippen LogP contribution in [0.4, 0.5) is 19.2 Å². The van der Waals surface area contributed by atoms with Crippen LogP contribution in [-0.4, -0.2) is 197 Å². The lowest BCUT2D eigenvalue weighted by molar-refractivity contribution is -0.0179. The number of terminal acetylenes is 1. The van der Waals surface area contributed by atoms with Gasteiger partial charge in [-0.15, -0.1) is 12.3 Å². The molecule has 9 heterocycles. The highest BCUT2D eigenvalue weighted by molar-refractivity contribution is 6.32. The van der Waals surface area contributed by atoms with Crippen molar-refractivity contribution in [2.45, 2.75) is 170 Å². The first kappa shape index (κ1) is 85.7. The van der Waals surface area contributed by atoms with E-state index in [0.717, 1.165) is 143 Å². The lowest BCUT2D eigenvalue weighted by Crippen LogP contribution is -2.54. The Morgan fingerprint density at radius 3 is 1.03 bits per heavy atom. The maximum absolute atomic E-state index is 12.4. The van der Waals surface area contributed by atoms with E-state index >= 15 is 0 Å². The number of likely N-dealkylation sites (tertiary alicyclic amines) is 4. The molecule has 0 radical (unpaired) electrons. The molecule has 0 aliphatic carbocycles. The van der Waals surface area contributed by atoms with Crippen molar-refractivity contribution in [3.63, 3.8) is 0 Å². The number of urea groups is 4. The summed E-state index contributed by atoms with van der Waals surface area (Å²) in [5, 5.41) is 88.1. The number of ether oxygens (including phenoxy) is 1. The Labute approximate surface area is 670 Å². The van der Waals surface area contributed by atoms with Crippen molar-refractivity contribution < 1.29 is 49.2 Å². The molecule has 12 N–H and O–H groups in total. The number of amides is 8. The number of hydroxylamine groups is 1. The quantitative estimate of drug-likeness (QED) is 0.0192. The summed E-state index contributed by atoms with van der Waals surface area (Å²) in [6.07, 6.45) is 19.6. The maximum Gasteiger partial charge on any atom is 0.341 e. The number of H-pyrrole nitrogens is 4. The third-order valence-corrected chi connectivity index (χ3v) is 25.1. The highest BCUT2D eigenvalue weighted by atomic mass is 35.5. The second-order valence-electron chi connectivity index (χ2n) is 32.7. The maximum atomic E-state index is 12.4. The minimum Gasteiger partial charge on any atom is -0.388 e. The molecule has 4 aromatic heterocycles. The van der Waals surface area contributed by atoms with Gasteiger partial charge in [0.1, 0.15) is 0 Å². The molecule has 604 valence electrons. The number of hydrogen-bond donors (Lipinski definition) is 12. The number of unbranched alkanes of at least 4 members (excludes halogenated alkanes) is 2. The average molecular weight is 1610 g/mol. The third-order valence-electron chi connectivity index (χ3n) is 24.2. The van der Waals surface area contributed by atoms with Crippen LogP contribution in [-0.2, 0) is 9.57 Å². The summed E-state index contributed by atoms with van der Waals surface area (Å²) in [7, 11) is 1.42. The summed E-state index contributed by atoms with van der Waals surface area (Å²) in [6.45, 7) is 26.7. The predicted octanol–water partition coefficient (Wildman–Crippen LogP) is 15.0. The highest BCUT2D eigenvalue weighted by Gasteiger charge is 2.45. The molecule has 8 amide bonds. The number of benzene rings is 4. The number of piperidine rings is 4. The first-order valence-corrected chi connectivity index (χ1v) is 40.3. The van der Waals surface area contributed by atoms with E-state index in [-0.39, 0.29) is 69.6 Å². The number of rotatable bonds is 20. The molecule has 13 rings (SSSR count). The first-order chi connectivity index (χ1) is 52.9. The molecule has 0 saturated carbocycles. The monoisotopic (exact) mass is 1610 g/mol. The van der Waals surface area contributed by atoms with Crippen LogP contribution in [0.3, 0.4) is 0 Å². The van der Waals surface area contributed by atoms with E-state index in [2.05, 4.69) is 135 Å². The van der Waals surface area contributed by atoms with Crippen molar-refractivity contribution in [3.8, 4) is 12.3 Å². The number of aliphatic hydroxyl groups excluding tert-OH is 4. The van der Waals surface area contributed by atoms with Gasteiger partial charge in [-0.1, -0.05) is 115 Å². The second kappa shape index (κ2) is 38.0. The predicted molar refractivity (Wildman–Crippen MR) is 435 cm³/mol. The zero-order chi connectivity index (χ0) is 80.1. The number of aromatic nitrogens is 8. The Hall–Kier alpha value is -7.68. The fraction of sp³-hybridized carbons (Fsp3) is 0.580. The van der Waals surface area contributed by atoms with Crippen LogP contribution in [0.15, 0.2) is 73.3 Å². The van der Waals surface area contributed by atoms with Crippen LogP contribution < -0.4 is 21.4 Å². The number of halogens is 4. The van der Waals surface area contributed by atoms with Crippen molar-refractivity contribution >= 4 is 114 Å². The summed E-state index contributed by atoms with van der Waals surface area (Å²) < 4.78 is 5.11. The van der Waals surface area contributed by atoms with Crippen molar-refractivity contribution in [3.05, 3.63) is 116 Å². The number of aliphatic hydroxyl groups is 4. The van der Waals surface area contributed by atoms with Gasteiger partial charge in [-0.3, -0.25) is 25.2 Å². The lowest BCUT2D eigenvalue weighted by atomic mass is 9.68. The number of nitrogens with zero attached hydrogens (tertiary/aromatic N) is 8. The van der Waals surface area contributed by atoms with Crippen LogP contribution >= 0.6 is 46.4 Å². The van der Waals surface area contributed by atoms with Gasteiger partial charge in [-0.2, -0.15) is 20.4 Å². The normalized spacial score (nSPS) is 17.8. The van der Waals surface area contributed by atoms with Crippen molar-refractivity contribution in [2.75, 3.05) is 85.8 Å². The zero-order valence-corrected chi connectivity index (χ0v) is 68.5. The number of carbonyl (C=O) groups is 4. The van der Waals surface area contributed by atoms with E-state index in [9.17, 15) is 39.6 Å². The van der Waals surface area contributed by atoms with Crippen LogP contribution in [0, 0.1) is 57.7 Å². The van der Waals surface area contributed by atoms with Gasteiger partial charge in [0, 0.05) is 136 Å². The molecule has 0 spiro atoms. The summed E-state index contributed by atoms with van der Waals surface area (Å²) >= 11 is 25.0. The average Bonchev–Trinajstić information content (AvgIpc) is 1.77. The standard InChI is InChI=1S/C22H29ClN4O2.C21H31ClN4O2.C20H27ClN4O3.C18H25ClN4O3/c1-4-5-6-9-24-21(29)27-10-7-16(8-11-27)22(2,3)20(28)18-13-17(23)12-15-14-25-26-19(15)18;1-4-5-8-23-20(28)26-9-6-15(7-10-26)21(2,3)19(27)17-12-16(22)11-14-13-24-25-18(14)17;1-20(2,18(26)16-8-14(21)7-12-9-22-24-17(12)16)13-3-5-25(6-4-13)19(27)23-15-10-28-11-15;1-18(2,12-4-6-23(7-5-12)17(25)22-26-3)16(24)14-9-13(19)8-11-10-20-21-15(11)14/h1,12-14,16,20,28H,5-11H2,2-3H3,(H,24,29)(H,25,26);11-13,15,19,27H,4-10H2,1-3H3,(H,23,28)(H,24,25);7-9,13,15,18,26H,3-6,10-11H2,1-2H3,(H,22,24)(H,23,27);8-10,12,16,24H,4-7H2,1-3H3,(H,20,21)(H,22,25)/t20-;19-;18-;16-/m1111/s1. The molecular formula is C81H112Cl4N16O10. The van der Waals surface area contributed by atoms with E-state index in [1.54, 1.807) is 35.8 Å². The number of nitrogens with one attached hydrogen (secondary N) is 8. The minimum atomic E-state index is -0.700. The summed E-state index contributed by atoms with van der Waals surface area (Å²) in [5.74, 6) is 3.71. The smallest absolute Gasteiger partial charge is 0.341 e. The highest BCUT2D eigenvalue weighted by Crippen LogP contribution is 2.51. The molecule has 8 aromatic rings. The van der Waals surface area contributed by atoms with Gasteiger partial charge in [-0.05, 0) is 158 Å². The van der Waals surface area contributed by atoms with Crippen LogP contribution in [0.1, 0.15) is 186 Å². The Kier molecular flexibility index (Phi) is 29.3. The molecule has 5 saturated heterocycles. The van der Waals surface area contributed by atoms with Gasteiger partial charge >= 0.3 is 24.1 Å². The number of fused-ring (bicyclic) bond motifs is 4. The van der Waals surface area contributed by atoms with E-state index in [1.807, 2.05) is 57.2 Å². The Morgan fingerprint density at radius 2 is 0.766 bits per heavy atom. The summed E-state index contributed by atoms with van der Waals surface area (Å²) in [4.78, 5) is 60.8. The molecule has 26 nitrogen and oxygen atoms in total. The molecule has 5 fully saturated rings. The van der Waals surface area contributed by atoms with Crippen LogP contribution in [0.2, 0.25) is 20.1 Å². The molecule has 4 aromatic carbocycles. The number of aromatic amines is 4. The van der Waals surface area contributed by atoms with Crippen LogP contribution in [0.5, 0.6) is 0 Å².